The zero-order chi connectivity index (χ0) is 21.9. The van der Waals surface area contributed by atoms with Gasteiger partial charge >= 0.3 is 6.18 Å². The summed E-state index contributed by atoms with van der Waals surface area (Å²) in [6.45, 7) is 4.14. The van der Waals surface area contributed by atoms with Crippen molar-refractivity contribution in [1.29, 1.82) is 5.26 Å². The molecule has 1 atom stereocenters. The van der Waals surface area contributed by atoms with Gasteiger partial charge in [0.25, 0.3) is 5.91 Å². The summed E-state index contributed by atoms with van der Waals surface area (Å²) in [5.74, 6) is -0.766. The molecule has 0 saturated heterocycles. The van der Waals surface area contributed by atoms with Crippen LogP contribution in [0.15, 0.2) is 60.3 Å². The molecule has 0 aliphatic heterocycles. The van der Waals surface area contributed by atoms with Crippen molar-refractivity contribution in [2.24, 2.45) is 0 Å². The number of alkyl halides is 3. The molecule has 0 aliphatic carbocycles. The summed E-state index contributed by atoms with van der Waals surface area (Å²) in [6.07, 6.45) is -0.271. The highest BCUT2D eigenvalue weighted by molar-refractivity contribution is 6.10. The number of anilines is 1. The Morgan fingerprint density at radius 3 is 2.63 bits per heavy atom. The molecule has 7 heteroatoms. The molecule has 1 amide bonds. The lowest BCUT2D eigenvalue weighted by atomic mass is 10.1. The number of amides is 1. The fraction of sp³-hybridized carbons (Fsp3) is 0.217. The zero-order valence-electron chi connectivity index (χ0n) is 16.5. The van der Waals surface area contributed by atoms with Gasteiger partial charge in [0.1, 0.15) is 11.6 Å². The van der Waals surface area contributed by atoms with Crippen molar-refractivity contribution in [3.8, 4) is 6.07 Å². The number of fused-ring (bicyclic) bond motifs is 1. The monoisotopic (exact) mass is 411 g/mol. The Bertz CT molecular complexity index is 1150. The van der Waals surface area contributed by atoms with E-state index >= 15 is 0 Å². The van der Waals surface area contributed by atoms with E-state index in [0.29, 0.717) is 5.56 Å². The molecule has 1 heterocycles. The van der Waals surface area contributed by atoms with Gasteiger partial charge in [-0.25, -0.2) is 0 Å². The first-order valence-electron chi connectivity index (χ1n) is 9.44. The van der Waals surface area contributed by atoms with Crippen LogP contribution in [0.3, 0.4) is 0 Å². The molecule has 30 heavy (non-hydrogen) atoms. The number of nitrogens with one attached hydrogen (secondary N) is 1. The maximum Gasteiger partial charge on any atom is 0.416 e. The SMILES string of the molecule is CC[C@H](C)n1cc(/C=C(/C#N)C(=O)Nc2cccc(C(F)(F)F)c2)c2ccccc21. The number of hydrogen-bond acceptors (Lipinski definition) is 2. The van der Waals surface area contributed by atoms with E-state index in [1.54, 1.807) is 0 Å². The van der Waals surface area contributed by atoms with Gasteiger partial charge in [-0.3, -0.25) is 4.79 Å². The summed E-state index contributed by atoms with van der Waals surface area (Å²) in [7, 11) is 0. The number of para-hydroxylation sites is 1. The fourth-order valence-corrected chi connectivity index (χ4v) is 3.18. The summed E-state index contributed by atoms with van der Waals surface area (Å²) in [4.78, 5) is 12.6. The van der Waals surface area contributed by atoms with E-state index in [0.717, 1.165) is 29.5 Å². The van der Waals surface area contributed by atoms with Gasteiger partial charge in [0, 0.05) is 34.4 Å². The van der Waals surface area contributed by atoms with E-state index in [1.807, 2.05) is 36.5 Å². The molecule has 0 saturated carbocycles. The molecule has 0 fully saturated rings. The van der Waals surface area contributed by atoms with Crippen LogP contribution in [0.2, 0.25) is 0 Å². The second-order valence-corrected chi connectivity index (χ2v) is 6.97. The van der Waals surface area contributed by atoms with Gasteiger partial charge in [-0.05, 0) is 43.7 Å². The summed E-state index contributed by atoms with van der Waals surface area (Å²) in [5, 5.41) is 12.8. The number of nitriles is 1. The van der Waals surface area contributed by atoms with Crippen LogP contribution in [0.1, 0.15) is 37.4 Å². The minimum atomic E-state index is -4.52. The van der Waals surface area contributed by atoms with Crippen molar-refractivity contribution in [2.45, 2.75) is 32.5 Å². The van der Waals surface area contributed by atoms with Gasteiger partial charge in [0.05, 0.1) is 5.56 Å². The van der Waals surface area contributed by atoms with Gasteiger partial charge in [0.15, 0.2) is 0 Å². The van der Waals surface area contributed by atoms with Gasteiger partial charge in [-0.2, -0.15) is 18.4 Å². The number of carbonyl (C=O) groups is 1. The minimum Gasteiger partial charge on any atom is -0.344 e. The maximum atomic E-state index is 12.9. The van der Waals surface area contributed by atoms with Gasteiger partial charge in [-0.1, -0.05) is 31.2 Å². The molecule has 0 spiro atoms. The Balaban J connectivity index is 1.95. The molecule has 4 nitrogen and oxygen atoms in total. The highest BCUT2D eigenvalue weighted by atomic mass is 19.4. The van der Waals surface area contributed by atoms with Gasteiger partial charge in [0.2, 0.25) is 0 Å². The van der Waals surface area contributed by atoms with Gasteiger partial charge in [-0.15, -0.1) is 0 Å². The van der Waals surface area contributed by atoms with E-state index in [-0.39, 0.29) is 17.3 Å². The molecule has 3 aromatic rings. The van der Waals surface area contributed by atoms with Crippen LogP contribution < -0.4 is 5.32 Å². The molecule has 2 aromatic carbocycles. The van der Waals surface area contributed by atoms with E-state index in [4.69, 9.17) is 0 Å². The van der Waals surface area contributed by atoms with E-state index in [2.05, 4.69) is 23.7 Å². The minimum absolute atomic E-state index is 0.0296. The number of carbonyl (C=O) groups excluding carboxylic acids is 1. The quantitative estimate of drug-likeness (QED) is 0.403. The molecule has 1 N–H and O–H groups in total. The van der Waals surface area contributed by atoms with E-state index in [9.17, 15) is 23.2 Å². The summed E-state index contributed by atoms with van der Waals surface area (Å²) < 4.78 is 40.7. The molecule has 3 rings (SSSR count). The van der Waals surface area contributed by atoms with Crippen LogP contribution in [0.25, 0.3) is 17.0 Å². The number of nitrogens with zero attached hydrogens (tertiary/aromatic N) is 2. The lowest BCUT2D eigenvalue weighted by Gasteiger charge is -2.12. The van der Waals surface area contributed by atoms with Crippen LogP contribution >= 0.6 is 0 Å². The number of benzene rings is 2. The highest BCUT2D eigenvalue weighted by Crippen LogP contribution is 2.31. The molecule has 1 aromatic heterocycles. The molecule has 0 aliphatic rings. The predicted molar refractivity (Wildman–Crippen MR) is 111 cm³/mol. The van der Waals surface area contributed by atoms with Crippen LogP contribution in [0.5, 0.6) is 0 Å². The average Bonchev–Trinajstić information content (AvgIpc) is 3.09. The Hall–Kier alpha value is -3.53. The first-order valence-corrected chi connectivity index (χ1v) is 9.44. The van der Waals surface area contributed by atoms with E-state index < -0.39 is 17.6 Å². The van der Waals surface area contributed by atoms with Crippen molar-refractivity contribution in [3.63, 3.8) is 0 Å². The molecular weight excluding hydrogens is 391 g/mol. The van der Waals surface area contributed by atoms with Crippen molar-refractivity contribution in [3.05, 3.63) is 71.4 Å². The topological polar surface area (TPSA) is 57.8 Å². The van der Waals surface area contributed by atoms with Crippen molar-refractivity contribution in [2.75, 3.05) is 5.32 Å². The van der Waals surface area contributed by atoms with Crippen molar-refractivity contribution >= 4 is 28.6 Å². The summed E-state index contributed by atoms with van der Waals surface area (Å²) in [6, 6.07) is 14.0. The Morgan fingerprint density at radius 2 is 1.97 bits per heavy atom. The Morgan fingerprint density at radius 1 is 1.23 bits per heavy atom. The Kier molecular flexibility index (Phi) is 5.97. The van der Waals surface area contributed by atoms with Crippen molar-refractivity contribution in [1.82, 2.24) is 4.57 Å². The third-order valence-corrected chi connectivity index (χ3v) is 4.95. The summed E-state index contributed by atoms with van der Waals surface area (Å²) >= 11 is 0. The fourth-order valence-electron chi connectivity index (χ4n) is 3.18. The lowest BCUT2D eigenvalue weighted by Crippen LogP contribution is -2.14. The smallest absolute Gasteiger partial charge is 0.344 e. The second kappa shape index (κ2) is 8.46. The maximum absolute atomic E-state index is 12.9. The molecule has 0 unspecified atom stereocenters. The number of halogens is 3. The van der Waals surface area contributed by atoms with E-state index in [1.165, 1.54) is 18.2 Å². The van der Waals surface area contributed by atoms with Crippen molar-refractivity contribution < 1.29 is 18.0 Å². The zero-order valence-corrected chi connectivity index (χ0v) is 16.5. The standard InChI is InChI=1S/C23H20F3N3O/c1-3-15(2)29-14-17(20-9-4-5-10-21(20)29)11-16(13-27)22(30)28-19-8-6-7-18(12-19)23(24,25)26/h4-12,14-15H,3H2,1-2H3,(H,28,30)/b16-11-/t15-/m0/s1. The average molecular weight is 411 g/mol. The molecule has 154 valence electrons. The first kappa shape index (κ1) is 21.2. The third kappa shape index (κ3) is 4.38. The third-order valence-electron chi connectivity index (χ3n) is 4.95. The number of hydrogen-bond donors (Lipinski definition) is 1. The second-order valence-electron chi connectivity index (χ2n) is 6.97. The Labute approximate surface area is 172 Å². The number of rotatable bonds is 5. The normalized spacial score (nSPS) is 13.1. The van der Waals surface area contributed by atoms with Crippen LogP contribution in [-0.2, 0) is 11.0 Å². The van der Waals surface area contributed by atoms with Crippen LogP contribution in [0.4, 0.5) is 18.9 Å². The number of aromatic nitrogens is 1. The first-order chi connectivity index (χ1) is 14.2. The molecular formula is C23H20F3N3O. The highest BCUT2D eigenvalue weighted by Gasteiger charge is 2.30. The largest absolute Gasteiger partial charge is 0.416 e. The predicted octanol–water partition coefficient (Wildman–Crippen LogP) is 6.18. The summed E-state index contributed by atoms with van der Waals surface area (Å²) in [5.41, 5.74) is 0.576. The molecule has 0 bridgehead atoms. The lowest BCUT2D eigenvalue weighted by molar-refractivity contribution is -0.137. The van der Waals surface area contributed by atoms with Crippen LogP contribution in [0, 0.1) is 11.3 Å². The van der Waals surface area contributed by atoms with Crippen LogP contribution in [-0.4, -0.2) is 10.5 Å². The molecule has 0 radical (unpaired) electrons. The van der Waals surface area contributed by atoms with Gasteiger partial charge < -0.3 is 9.88 Å².